The molecule has 1 N–H and O–H groups in total. The van der Waals surface area contributed by atoms with Crippen LogP contribution in [0, 0.1) is 6.92 Å². The van der Waals surface area contributed by atoms with Crippen molar-refractivity contribution in [3.8, 4) is 0 Å². The predicted octanol–water partition coefficient (Wildman–Crippen LogP) is 4.08. The fourth-order valence-electron chi connectivity index (χ4n) is 1.71. The maximum Gasteiger partial charge on any atom is 0.0860 e. The molecule has 1 aromatic heterocycles. The van der Waals surface area contributed by atoms with E-state index in [1.54, 1.807) is 6.20 Å². The summed E-state index contributed by atoms with van der Waals surface area (Å²) in [5, 5.41) is 10.8. The van der Waals surface area contributed by atoms with E-state index < -0.39 is 6.10 Å². The lowest BCUT2D eigenvalue weighted by Crippen LogP contribution is -2.04. The van der Waals surface area contributed by atoms with Crippen molar-refractivity contribution in [2.75, 3.05) is 0 Å². The summed E-state index contributed by atoms with van der Waals surface area (Å²) in [6, 6.07) is 9.44. The van der Waals surface area contributed by atoms with Crippen LogP contribution in [0.1, 0.15) is 22.9 Å². The number of halogens is 2. The summed E-state index contributed by atoms with van der Waals surface area (Å²) in [7, 11) is 0. The molecule has 94 valence electrons. The Kier molecular flexibility index (Phi) is 4.38. The van der Waals surface area contributed by atoms with Gasteiger partial charge in [-0.25, -0.2) is 0 Å². The molecule has 0 aliphatic heterocycles. The van der Waals surface area contributed by atoms with Crippen LogP contribution < -0.4 is 0 Å². The van der Waals surface area contributed by atoms with E-state index in [4.69, 9.17) is 11.6 Å². The first-order valence-corrected chi connectivity index (χ1v) is 6.78. The van der Waals surface area contributed by atoms with Crippen LogP contribution >= 0.6 is 27.5 Å². The molecule has 0 bridgehead atoms. The van der Waals surface area contributed by atoms with Gasteiger partial charge in [0.15, 0.2) is 0 Å². The lowest BCUT2D eigenvalue weighted by molar-refractivity contribution is 0.177. The average molecular weight is 327 g/mol. The van der Waals surface area contributed by atoms with Gasteiger partial charge in [0.2, 0.25) is 0 Å². The third-order valence-electron chi connectivity index (χ3n) is 2.72. The fourth-order valence-corrected chi connectivity index (χ4v) is 2.34. The van der Waals surface area contributed by atoms with E-state index in [9.17, 15) is 5.11 Å². The molecule has 0 aliphatic carbocycles. The molecule has 1 atom stereocenters. The van der Waals surface area contributed by atoms with E-state index >= 15 is 0 Å². The van der Waals surface area contributed by atoms with Gasteiger partial charge in [0.1, 0.15) is 0 Å². The molecule has 4 heteroatoms. The van der Waals surface area contributed by atoms with Gasteiger partial charge < -0.3 is 5.11 Å². The summed E-state index contributed by atoms with van der Waals surface area (Å²) in [6.45, 7) is 1.98. The van der Waals surface area contributed by atoms with Gasteiger partial charge >= 0.3 is 0 Å². The standard InChI is InChI=1S/C14H13BrClNO/c1-9-5-6-10(17-8-9)7-13(18)11-3-2-4-12(15)14(11)16/h2-6,8,13,18H,7H2,1H3. The van der Waals surface area contributed by atoms with Crippen molar-refractivity contribution in [2.24, 2.45) is 0 Å². The van der Waals surface area contributed by atoms with Crippen molar-refractivity contribution in [1.29, 1.82) is 0 Å². The van der Waals surface area contributed by atoms with Crippen molar-refractivity contribution in [1.82, 2.24) is 4.98 Å². The van der Waals surface area contributed by atoms with Crippen LogP contribution in [0.2, 0.25) is 5.02 Å². The predicted molar refractivity (Wildman–Crippen MR) is 76.8 cm³/mol. The van der Waals surface area contributed by atoms with Crippen LogP contribution in [0.15, 0.2) is 41.0 Å². The SMILES string of the molecule is Cc1ccc(CC(O)c2cccc(Br)c2Cl)nc1. The zero-order chi connectivity index (χ0) is 13.1. The Bertz CT molecular complexity index is 542. The molecule has 2 nitrogen and oxygen atoms in total. The number of hydrogen-bond acceptors (Lipinski definition) is 2. The number of aromatic nitrogens is 1. The molecule has 0 spiro atoms. The molecule has 1 unspecified atom stereocenters. The highest BCUT2D eigenvalue weighted by molar-refractivity contribution is 9.10. The highest BCUT2D eigenvalue weighted by Crippen LogP contribution is 2.31. The molecule has 1 aromatic carbocycles. The molecular weight excluding hydrogens is 314 g/mol. The Hall–Kier alpha value is -0.900. The first-order chi connectivity index (χ1) is 8.58. The first kappa shape index (κ1) is 13.5. The maximum absolute atomic E-state index is 10.2. The van der Waals surface area contributed by atoms with Crippen molar-refractivity contribution in [3.05, 3.63) is 62.8 Å². The number of aliphatic hydroxyl groups excluding tert-OH is 1. The van der Waals surface area contributed by atoms with Gasteiger partial charge in [0.05, 0.1) is 11.1 Å². The fraction of sp³-hybridized carbons (Fsp3) is 0.214. The van der Waals surface area contributed by atoms with E-state index in [-0.39, 0.29) is 0 Å². The summed E-state index contributed by atoms with van der Waals surface area (Å²) >= 11 is 9.50. The summed E-state index contributed by atoms with van der Waals surface area (Å²) in [5.41, 5.74) is 2.67. The topological polar surface area (TPSA) is 33.1 Å². The smallest absolute Gasteiger partial charge is 0.0860 e. The number of hydrogen-bond donors (Lipinski definition) is 1. The second-order valence-corrected chi connectivity index (χ2v) is 5.42. The second-order valence-electron chi connectivity index (χ2n) is 4.19. The molecule has 0 amide bonds. The molecule has 18 heavy (non-hydrogen) atoms. The minimum absolute atomic E-state index is 0.455. The molecule has 1 heterocycles. The minimum Gasteiger partial charge on any atom is -0.388 e. The van der Waals surface area contributed by atoms with Crippen LogP contribution in [-0.2, 0) is 6.42 Å². The van der Waals surface area contributed by atoms with Crippen LogP contribution in [0.3, 0.4) is 0 Å². The zero-order valence-electron chi connectivity index (χ0n) is 9.90. The Morgan fingerprint density at radius 3 is 2.78 bits per heavy atom. The average Bonchev–Trinajstić information content (AvgIpc) is 2.35. The van der Waals surface area contributed by atoms with Crippen LogP contribution in [0.4, 0.5) is 0 Å². The van der Waals surface area contributed by atoms with E-state index in [0.717, 1.165) is 15.7 Å². The Morgan fingerprint density at radius 1 is 1.33 bits per heavy atom. The second kappa shape index (κ2) is 5.83. The van der Waals surface area contributed by atoms with Crippen molar-refractivity contribution >= 4 is 27.5 Å². The number of aliphatic hydroxyl groups is 1. The van der Waals surface area contributed by atoms with Crippen LogP contribution in [0.25, 0.3) is 0 Å². The van der Waals surface area contributed by atoms with Crippen molar-refractivity contribution in [2.45, 2.75) is 19.4 Å². The van der Waals surface area contributed by atoms with Crippen molar-refractivity contribution < 1.29 is 5.11 Å². The molecule has 2 aromatic rings. The van der Waals surface area contributed by atoms with Gasteiger partial charge in [-0.3, -0.25) is 4.98 Å². The van der Waals surface area contributed by atoms with Crippen LogP contribution in [0.5, 0.6) is 0 Å². The Balaban J connectivity index is 2.19. The number of rotatable bonds is 3. The van der Waals surface area contributed by atoms with Gasteiger partial charge in [0, 0.05) is 28.3 Å². The highest BCUT2D eigenvalue weighted by Gasteiger charge is 2.14. The number of aryl methyl sites for hydroxylation is 1. The largest absolute Gasteiger partial charge is 0.388 e. The lowest BCUT2D eigenvalue weighted by Gasteiger charge is -2.13. The molecular formula is C14H13BrClNO. The molecule has 0 aliphatic rings. The summed E-state index contributed by atoms with van der Waals surface area (Å²) < 4.78 is 0.789. The quantitative estimate of drug-likeness (QED) is 0.922. The Labute approximate surface area is 120 Å². The normalized spacial score (nSPS) is 12.4. The first-order valence-electron chi connectivity index (χ1n) is 5.61. The van der Waals surface area contributed by atoms with E-state index in [2.05, 4.69) is 20.9 Å². The van der Waals surface area contributed by atoms with Gasteiger partial charge in [-0.1, -0.05) is 29.8 Å². The summed E-state index contributed by atoms with van der Waals surface area (Å²) in [5.74, 6) is 0. The molecule has 2 rings (SSSR count). The monoisotopic (exact) mass is 325 g/mol. The van der Waals surface area contributed by atoms with E-state index in [0.29, 0.717) is 17.0 Å². The van der Waals surface area contributed by atoms with Crippen LogP contribution in [-0.4, -0.2) is 10.1 Å². The maximum atomic E-state index is 10.2. The molecule has 0 radical (unpaired) electrons. The Morgan fingerprint density at radius 2 is 2.11 bits per heavy atom. The number of benzene rings is 1. The van der Waals surface area contributed by atoms with Gasteiger partial charge in [-0.2, -0.15) is 0 Å². The van der Waals surface area contributed by atoms with Gasteiger partial charge in [-0.05, 0) is 40.5 Å². The summed E-state index contributed by atoms with van der Waals surface area (Å²) in [4.78, 5) is 4.28. The van der Waals surface area contributed by atoms with E-state index in [1.807, 2.05) is 37.3 Å². The van der Waals surface area contributed by atoms with E-state index in [1.165, 1.54) is 0 Å². The summed E-state index contributed by atoms with van der Waals surface area (Å²) in [6.07, 6.45) is 1.60. The van der Waals surface area contributed by atoms with Gasteiger partial charge in [0.25, 0.3) is 0 Å². The molecule has 0 saturated heterocycles. The highest BCUT2D eigenvalue weighted by atomic mass is 79.9. The zero-order valence-corrected chi connectivity index (χ0v) is 12.2. The molecule has 0 saturated carbocycles. The molecule has 0 fully saturated rings. The third kappa shape index (κ3) is 3.10. The third-order valence-corrected chi connectivity index (χ3v) is 4.03. The van der Waals surface area contributed by atoms with Gasteiger partial charge in [-0.15, -0.1) is 0 Å². The minimum atomic E-state index is -0.648. The van der Waals surface area contributed by atoms with Crippen molar-refractivity contribution in [3.63, 3.8) is 0 Å². The number of pyridine rings is 1. The lowest BCUT2D eigenvalue weighted by atomic mass is 10.0. The number of nitrogens with zero attached hydrogens (tertiary/aromatic N) is 1.